The summed E-state index contributed by atoms with van der Waals surface area (Å²) in [4.78, 5) is 12.1. The third kappa shape index (κ3) is 1.42. The van der Waals surface area contributed by atoms with Gasteiger partial charge >= 0.3 is 0 Å². The third-order valence-electron chi connectivity index (χ3n) is 3.00. The van der Waals surface area contributed by atoms with E-state index in [1.165, 1.54) is 7.11 Å². The summed E-state index contributed by atoms with van der Waals surface area (Å²) in [6.45, 7) is 0. The highest BCUT2D eigenvalue weighted by atomic mass is 79.9. The van der Waals surface area contributed by atoms with Crippen molar-refractivity contribution in [3.05, 3.63) is 51.7 Å². The van der Waals surface area contributed by atoms with Crippen LogP contribution in [0.2, 0.25) is 0 Å². The number of benzene rings is 2. The van der Waals surface area contributed by atoms with Gasteiger partial charge in [-0.1, -0.05) is 40.2 Å². The molecular weight excluding hydrogens is 280 g/mol. The fourth-order valence-electron chi connectivity index (χ4n) is 2.19. The van der Waals surface area contributed by atoms with Crippen molar-refractivity contribution in [1.82, 2.24) is 0 Å². The summed E-state index contributed by atoms with van der Waals surface area (Å²) in [5.74, 6) is 0.334. The minimum Gasteiger partial charge on any atom is -0.493 e. The molecule has 17 heavy (non-hydrogen) atoms. The lowest BCUT2D eigenvalue weighted by atomic mass is 9.91. The maximum Gasteiger partial charge on any atom is 0.228 e. The molecule has 3 heteroatoms. The van der Waals surface area contributed by atoms with Crippen LogP contribution in [-0.4, -0.2) is 12.9 Å². The van der Waals surface area contributed by atoms with Gasteiger partial charge in [-0.05, 0) is 17.5 Å². The molecule has 84 valence electrons. The molecule has 0 atom stereocenters. The van der Waals surface area contributed by atoms with Gasteiger partial charge in [0.25, 0.3) is 0 Å². The molecule has 0 aliphatic heterocycles. The molecule has 1 aliphatic carbocycles. The van der Waals surface area contributed by atoms with E-state index < -0.39 is 0 Å². The fourth-order valence-corrected chi connectivity index (χ4v) is 2.64. The zero-order valence-corrected chi connectivity index (χ0v) is 10.7. The van der Waals surface area contributed by atoms with Crippen LogP contribution >= 0.6 is 15.9 Å². The summed E-state index contributed by atoms with van der Waals surface area (Å²) in [6, 6.07) is 9.73. The van der Waals surface area contributed by atoms with Crippen LogP contribution in [0.5, 0.6) is 0 Å². The first kappa shape index (κ1) is 10.5. The Balaban J connectivity index is 2.49. The summed E-state index contributed by atoms with van der Waals surface area (Å²) < 4.78 is 6.11. The molecule has 0 bridgehead atoms. The number of allylic oxidation sites excluding steroid dienone is 1. The predicted molar refractivity (Wildman–Crippen MR) is 71.0 cm³/mol. The molecular formula is C14H9BrO2. The zero-order valence-electron chi connectivity index (χ0n) is 9.16. The number of carbonyl (C=O) groups is 1. The van der Waals surface area contributed by atoms with Crippen molar-refractivity contribution in [2.24, 2.45) is 0 Å². The molecule has 0 N–H and O–H groups in total. The Morgan fingerprint density at radius 1 is 1.18 bits per heavy atom. The van der Waals surface area contributed by atoms with E-state index >= 15 is 0 Å². The summed E-state index contributed by atoms with van der Waals surface area (Å²) in [5, 5.41) is 2.06. The number of methoxy groups -OCH3 is 1. The van der Waals surface area contributed by atoms with E-state index in [0.717, 1.165) is 20.8 Å². The average Bonchev–Trinajstić information content (AvgIpc) is 2.36. The minimum absolute atomic E-state index is 0.0521. The van der Waals surface area contributed by atoms with E-state index in [9.17, 15) is 4.79 Å². The molecule has 0 spiro atoms. The van der Waals surface area contributed by atoms with Gasteiger partial charge in [0.2, 0.25) is 5.78 Å². The Morgan fingerprint density at radius 2 is 2.00 bits per heavy atom. The number of carbonyl (C=O) groups excluding carboxylic acids is 1. The van der Waals surface area contributed by atoms with Gasteiger partial charge in [-0.15, -0.1) is 0 Å². The second kappa shape index (κ2) is 3.70. The lowest BCUT2D eigenvalue weighted by Gasteiger charge is -2.16. The number of ether oxygens (including phenoxy) is 1. The molecule has 0 amide bonds. The van der Waals surface area contributed by atoms with Gasteiger partial charge in [-0.3, -0.25) is 4.79 Å². The summed E-state index contributed by atoms with van der Waals surface area (Å²) in [7, 11) is 1.52. The Hall–Kier alpha value is -1.61. The van der Waals surface area contributed by atoms with Crippen LogP contribution < -0.4 is 0 Å². The first-order chi connectivity index (χ1) is 8.22. The molecule has 0 unspecified atom stereocenters. The van der Waals surface area contributed by atoms with Gasteiger partial charge in [0, 0.05) is 21.0 Å². The average molecular weight is 289 g/mol. The largest absolute Gasteiger partial charge is 0.493 e. The monoisotopic (exact) mass is 288 g/mol. The highest BCUT2D eigenvalue weighted by Crippen LogP contribution is 2.35. The Morgan fingerprint density at radius 3 is 2.76 bits per heavy atom. The number of ketones is 1. The summed E-state index contributed by atoms with van der Waals surface area (Å²) in [5.41, 5.74) is 1.72. The fraction of sp³-hybridized carbons (Fsp3) is 0.0714. The Kier molecular flexibility index (Phi) is 2.30. The number of Topliss-reactive ketones (excluding diaryl/α,β-unsaturated/α-hetero) is 1. The van der Waals surface area contributed by atoms with Crippen LogP contribution in [-0.2, 0) is 4.74 Å². The van der Waals surface area contributed by atoms with Crippen LogP contribution in [0.1, 0.15) is 15.9 Å². The number of hydrogen-bond donors (Lipinski definition) is 0. The maximum absolute atomic E-state index is 12.1. The molecule has 2 aromatic rings. The van der Waals surface area contributed by atoms with Crippen molar-refractivity contribution >= 4 is 38.6 Å². The van der Waals surface area contributed by atoms with Crippen molar-refractivity contribution in [2.75, 3.05) is 7.11 Å². The second-order valence-electron chi connectivity index (χ2n) is 3.91. The highest BCUT2D eigenvalue weighted by molar-refractivity contribution is 9.10. The molecule has 0 saturated heterocycles. The van der Waals surface area contributed by atoms with Crippen LogP contribution in [0.3, 0.4) is 0 Å². The third-order valence-corrected chi connectivity index (χ3v) is 3.69. The molecule has 2 nitrogen and oxygen atoms in total. The quantitative estimate of drug-likeness (QED) is 0.798. The topological polar surface area (TPSA) is 26.3 Å². The first-order valence-corrected chi connectivity index (χ1v) is 6.03. The number of halogens is 1. The molecule has 3 rings (SSSR count). The van der Waals surface area contributed by atoms with E-state index in [4.69, 9.17) is 4.74 Å². The molecule has 2 aromatic carbocycles. The van der Waals surface area contributed by atoms with Crippen molar-refractivity contribution in [1.29, 1.82) is 0 Å². The van der Waals surface area contributed by atoms with E-state index in [1.54, 1.807) is 6.08 Å². The number of rotatable bonds is 1. The molecule has 0 aromatic heterocycles. The van der Waals surface area contributed by atoms with Crippen LogP contribution in [0.25, 0.3) is 16.8 Å². The lowest BCUT2D eigenvalue weighted by Crippen LogP contribution is -2.10. The standard InChI is InChI=1S/C14H9BrO2/c1-17-12-7-10-11(15)6-5-8-3-2-4-9(13(8)10)14(12)16/h2-7H,1H3. The minimum atomic E-state index is -0.0521. The van der Waals surface area contributed by atoms with Gasteiger partial charge in [-0.25, -0.2) is 0 Å². The van der Waals surface area contributed by atoms with Gasteiger partial charge in [-0.2, -0.15) is 0 Å². The molecule has 0 saturated carbocycles. The molecule has 0 heterocycles. The van der Waals surface area contributed by atoms with Crippen LogP contribution in [0, 0.1) is 0 Å². The Labute approximate surface area is 107 Å². The van der Waals surface area contributed by atoms with Crippen molar-refractivity contribution < 1.29 is 9.53 Å². The maximum atomic E-state index is 12.1. The molecule has 1 aliphatic rings. The van der Waals surface area contributed by atoms with Gasteiger partial charge < -0.3 is 4.74 Å². The van der Waals surface area contributed by atoms with Gasteiger partial charge in [0.15, 0.2) is 5.76 Å². The van der Waals surface area contributed by atoms with E-state index in [1.807, 2.05) is 30.3 Å². The normalized spacial score (nSPS) is 13.8. The molecule has 0 fully saturated rings. The zero-order chi connectivity index (χ0) is 12.0. The Bertz CT molecular complexity index is 671. The van der Waals surface area contributed by atoms with Crippen molar-refractivity contribution in [2.45, 2.75) is 0 Å². The smallest absolute Gasteiger partial charge is 0.228 e. The van der Waals surface area contributed by atoms with Gasteiger partial charge in [0.1, 0.15) is 0 Å². The van der Waals surface area contributed by atoms with E-state index in [0.29, 0.717) is 11.3 Å². The predicted octanol–water partition coefficient (Wildman–Crippen LogP) is 3.79. The lowest BCUT2D eigenvalue weighted by molar-refractivity contribution is 0.0957. The molecule has 0 radical (unpaired) electrons. The van der Waals surface area contributed by atoms with E-state index in [-0.39, 0.29) is 5.78 Å². The van der Waals surface area contributed by atoms with Crippen molar-refractivity contribution in [3.8, 4) is 0 Å². The SMILES string of the molecule is COC1=Cc2c(Br)ccc3cccc(c23)C1=O. The van der Waals surface area contributed by atoms with E-state index in [2.05, 4.69) is 15.9 Å². The summed E-state index contributed by atoms with van der Waals surface area (Å²) >= 11 is 3.51. The van der Waals surface area contributed by atoms with Crippen molar-refractivity contribution in [3.63, 3.8) is 0 Å². The van der Waals surface area contributed by atoms with Crippen LogP contribution in [0.4, 0.5) is 0 Å². The van der Waals surface area contributed by atoms with Crippen LogP contribution in [0.15, 0.2) is 40.6 Å². The second-order valence-corrected chi connectivity index (χ2v) is 4.76. The first-order valence-electron chi connectivity index (χ1n) is 5.24. The summed E-state index contributed by atoms with van der Waals surface area (Å²) in [6.07, 6.45) is 1.79. The van der Waals surface area contributed by atoms with Gasteiger partial charge in [0.05, 0.1) is 7.11 Å². The highest BCUT2D eigenvalue weighted by Gasteiger charge is 2.23. The number of hydrogen-bond acceptors (Lipinski definition) is 2.